The minimum Gasteiger partial charge on any atom is -0.493 e. The Labute approximate surface area is 170 Å². The SMILES string of the molecule is COc1ccc(NC(N)=NCCSc2ccc(C)cc2)cc1OC.I. The monoisotopic (exact) mass is 473 g/mol. The smallest absolute Gasteiger partial charge is 0.193 e. The van der Waals surface area contributed by atoms with Crippen molar-refractivity contribution in [1.29, 1.82) is 0 Å². The van der Waals surface area contributed by atoms with Gasteiger partial charge in [-0.25, -0.2) is 0 Å². The lowest BCUT2D eigenvalue weighted by atomic mass is 10.2. The number of rotatable bonds is 7. The first-order valence-corrected chi connectivity index (χ1v) is 8.59. The van der Waals surface area contributed by atoms with E-state index in [2.05, 4.69) is 41.5 Å². The molecule has 0 unspecified atom stereocenters. The van der Waals surface area contributed by atoms with Crippen LogP contribution in [0.25, 0.3) is 0 Å². The van der Waals surface area contributed by atoms with Gasteiger partial charge in [-0.1, -0.05) is 17.7 Å². The van der Waals surface area contributed by atoms with Crippen LogP contribution in [-0.4, -0.2) is 32.5 Å². The third-order valence-corrected chi connectivity index (χ3v) is 4.31. The number of aryl methyl sites for hydroxylation is 1. The highest BCUT2D eigenvalue weighted by atomic mass is 127. The first kappa shape index (κ1) is 21.4. The summed E-state index contributed by atoms with van der Waals surface area (Å²) in [5.41, 5.74) is 7.99. The maximum absolute atomic E-state index is 5.92. The Kier molecular flexibility index (Phi) is 9.51. The molecule has 0 aromatic heterocycles. The Hall–Kier alpha value is -1.61. The molecule has 0 spiro atoms. The average Bonchev–Trinajstić information content (AvgIpc) is 2.60. The van der Waals surface area contributed by atoms with E-state index in [-0.39, 0.29) is 24.0 Å². The second-order valence-electron chi connectivity index (χ2n) is 5.12. The second-order valence-corrected chi connectivity index (χ2v) is 6.29. The largest absolute Gasteiger partial charge is 0.493 e. The van der Waals surface area contributed by atoms with Gasteiger partial charge in [0.1, 0.15) is 0 Å². The van der Waals surface area contributed by atoms with E-state index in [4.69, 9.17) is 15.2 Å². The minimum atomic E-state index is 0. The standard InChI is InChI=1S/C18H23N3O2S.HI/c1-13-4-7-15(8-5-13)24-11-10-20-18(19)21-14-6-9-16(22-2)17(12-14)23-3;/h4-9,12H,10-11H2,1-3H3,(H3,19,20,21);1H. The van der Waals surface area contributed by atoms with Gasteiger partial charge in [0.05, 0.1) is 20.8 Å². The number of methoxy groups -OCH3 is 2. The van der Waals surface area contributed by atoms with Crippen LogP contribution >= 0.6 is 35.7 Å². The highest BCUT2D eigenvalue weighted by Crippen LogP contribution is 2.29. The summed E-state index contributed by atoms with van der Waals surface area (Å²) < 4.78 is 10.5. The van der Waals surface area contributed by atoms with E-state index < -0.39 is 0 Å². The molecule has 0 heterocycles. The number of aliphatic imine (C=N–C) groups is 1. The molecule has 3 N–H and O–H groups in total. The van der Waals surface area contributed by atoms with Crippen LogP contribution in [0.15, 0.2) is 52.4 Å². The number of benzene rings is 2. The fraction of sp³-hybridized carbons (Fsp3) is 0.278. The molecule has 0 radical (unpaired) electrons. The van der Waals surface area contributed by atoms with Crippen LogP contribution in [-0.2, 0) is 0 Å². The molecular formula is C18H24IN3O2S. The first-order valence-electron chi connectivity index (χ1n) is 7.61. The summed E-state index contributed by atoms with van der Waals surface area (Å²) in [6.45, 7) is 2.73. The van der Waals surface area contributed by atoms with Crippen LogP contribution < -0.4 is 20.5 Å². The lowest BCUT2D eigenvalue weighted by molar-refractivity contribution is 0.355. The highest BCUT2D eigenvalue weighted by Gasteiger charge is 2.05. The zero-order chi connectivity index (χ0) is 17.4. The Morgan fingerprint density at radius 1 is 1.08 bits per heavy atom. The van der Waals surface area contributed by atoms with Crippen molar-refractivity contribution in [1.82, 2.24) is 0 Å². The van der Waals surface area contributed by atoms with Gasteiger partial charge in [0.25, 0.3) is 0 Å². The lowest BCUT2D eigenvalue weighted by Gasteiger charge is -2.10. The number of halogens is 1. The minimum absolute atomic E-state index is 0. The van der Waals surface area contributed by atoms with Gasteiger partial charge in [-0.2, -0.15) is 0 Å². The van der Waals surface area contributed by atoms with Gasteiger partial charge in [-0.3, -0.25) is 4.99 Å². The highest BCUT2D eigenvalue weighted by molar-refractivity contribution is 14.0. The maximum Gasteiger partial charge on any atom is 0.193 e. The van der Waals surface area contributed by atoms with E-state index in [9.17, 15) is 0 Å². The molecule has 0 aliphatic carbocycles. The Morgan fingerprint density at radius 2 is 1.76 bits per heavy atom. The zero-order valence-corrected chi connectivity index (χ0v) is 17.8. The lowest BCUT2D eigenvalue weighted by Crippen LogP contribution is -2.23. The van der Waals surface area contributed by atoms with Crippen LogP contribution in [0.2, 0.25) is 0 Å². The summed E-state index contributed by atoms with van der Waals surface area (Å²) in [4.78, 5) is 5.58. The van der Waals surface area contributed by atoms with Gasteiger partial charge in [0.2, 0.25) is 0 Å². The molecule has 2 aromatic rings. The molecular weight excluding hydrogens is 449 g/mol. The molecule has 0 aliphatic rings. The van der Waals surface area contributed by atoms with Crippen molar-refractivity contribution in [3.8, 4) is 11.5 Å². The van der Waals surface area contributed by atoms with Crippen molar-refractivity contribution >= 4 is 47.4 Å². The summed E-state index contributed by atoms with van der Waals surface area (Å²) in [7, 11) is 3.20. The summed E-state index contributed by atoms with van der Waals surface area (Å²) >= 11 is 1.76. The van der Waals surface area contributed by atoms with Gasteiger partial charge in [-0.05, 0) is 31.2 Å². The Morgan fingerprint density at radius 3 is 2.40 bits per heavy atom. The summed E-state index contributed by atoms with van der Waals surface area (Å²) in [5, 5.41) is 3.06. The van der Waals surface area contributed by atoms with Gasteiger partial charge in [0.15, 0.2) is 17.5 Å². The number of nitrogens with two attached hydrogens (primary N) is 1. The number of hydrogen-bond donors (Lipinski definition) is 2. The van der Waals surface area contributed by atoms with Crippen molar-refractivity contribution < 1.29 is 9.47 Å². The number of ether oxygens (including phenoxy) is 2. The molecule has 0 aliphatic heterocycles. The molecule has 0 atom stereocenters. The molecule has 2 rings (SSSR count). The van der Waals surface area contributed by atoms with Gasteiger partial charge >= 0.3 is 0 Å². The van der Waals surface area contributed by atoms with Crippen LogP contribution in [0, 0.1) is 6.92 Å². The third-order valence-electron chi connectivity index (χ3n) is 3.32. The van der Waals surface area contributed by atoms with Crippen LogP contribution in [0.5, 0.6) is 11.5 Å². The van der Waals surface area contributed by atoms with Crippen molar-refractivity contribution in [2.75, 3.05) is 31.8 Å². The fourth-order valence-electron chi connectivity index (χ4n) is 2.07. The van der Waals surface area contributed by atoms with Crippen molar-refractivity contribution in [2.45, 2.75) is 11.8 Å². The quantitative estimate of drug-likeness (QED) is 0.208. The van der Waals surface area contributed by atoms with E-state index >= 15 is 0 Å². The average molecular weight is 473 g/mol. The van der Waals surface area contributed by atoms with Crippen LogP contribution in [0.3, 0.4) is 0 Å². The van der Waals surface area contributed by atoms with Crippen molar-refractivity contribution in [3.05, 3.63) is 48.0 Å². The number of guanidine groups is 1. The predicted octanol–water partition coefficient (Wildman–Crippen LogP) is 4.15. The topological polar surface area (TPSA) is 68.9 Å². The van der Waals surface area contributed by atoms with Gasteiger partial charge in [-0.15, -0.1) is 35.7 Å². The number of thioether (sulfide) groups is 1. The third kappa shape index (κ3) is 7.03. The molecule has 0 fully saturated rings. The van der Waals surface area contributed by atoms with Crippen LogP contribution in [0.1, 0.15) is 5.56 Å². The van der Waals surface area contributed by atoms with Gasteiger partial charge < -0.3 is 20.5 Å². The summed E-state index contributed by atoms with van der Waals surface area (Å²) in [5.74, 6) is 2.57. The number of hydrogen-bond acceptors (Lipinski definition) is 4. The van der Waals surface area contributed by atoms with Crippen molar-refractivity contribution in [3.63, 3.8) is 0 Å². The first-order chi connectivity index (χ1) is 11.6. The molecule has 0 saturated carbocycles. The molecule has 5 nitrogen and oxygen atoms in total. The van der Waals surface area contributed by atoms with E-state index in [1.54, 1.807) is 26.0 Å². The van der Waals surface area contributed by atoms with Crippen LogP contribution in [0.4, 0.5) is 5.69 Å². The molecule has 25 heavy (non-hydrogen) atoms. The van der Waals surface area contributed by atoms with Crippen molar-refractivity contribution in [2.24, 2.45) is 10.7 Å². The number of nitrogens with one attached hydrogen (secondary N) is 1. The molecule has 7 heteroatoms. The zero-order valence-electron chi connectivity index (χ0n) is 14.6. The summed E-state index contributed by atoms with van der Waals surface area (Å²) in [6, 6.07) is 14.0. The van der Waals surface area contributed by atoms with E-state index in [1.807, 2.05) is 18.2 Å². The number of anilines is 1. The second kappa shape index (κ2) is 11.1. The normalized spacial score (nSPS) is 10.8. The van der Waals surface area contributed by atoms with E-state index in [0.717, 1.165) is 11.4 Å². The molecule has 0 amide bonds. The molecule has 2 aromatic carbocycles. The van der Waals surface area contributed by atoms with E-state index in [0.29, 0.717) is 24.0 Å². The molecule has 136 valence electrons. The predicted molar refractivity (Wildman–Crippen MR) is 117 cm³/mol. The van der Waals surface area contributed by atoms with E-state index in [1.165, 1.54) is 10.5 Å². The molecule has 0 bridgehead atoms. The fourth-order valence-corrected chi connectivity index (χ4v) is 2.81. The van der Waals surface area contributed by atoms with Gasteiger partial charge in [0, 0.05) is 22.4 Å². The maximum atomic E-state index is 5.92. The number of nitrogens with zero attached hydrogens (tertiary/aromatic N) is 1. The molecule has 0 saturated heterocycles. The summed E-state index contributed by atoms with van der Waals surface area (Å²) in [6.07, 6.45) is 0. The Bertz CT molecular complexity index is 693. The Balaban J connectivity index is 0.00000312.